The maximum absolute atomic E-state index is 12.5. The van der Waals surface area contributed by atoms with E-state index >= 15 is 0 Å². The topological polar surface area (TPSA) is 64.7 Å². The van der Waals surface area contributed by atoms with Crippen LogP contribution in [-0.2, 0) is 4.79 Å². The third-order valence-corrected chi connectivity index (χ3v) is 5.82. The summed E-state index contributed by atoms with van der Waals surface area (Å²) in [7, 11) is 0. The van der Waals surface area contributed by atoms with Gasteiger partial charge >= 0.3 is 6.03 Å². The second kappa shape index (κ2) is 10.5. The van der Waals surface area contributed by atoms with Gasteiger partial charge in [-0.05, 0) is 56.8 Å². The van der Waals surface area contributed by atoms with Crippen LogP contribution in [0.1, 0.15) is 39.0 Å². The molecule has 2 fully saturated rings. The summed E-state index contributed by atoms with van der Waals surface area (Å²) in [6.07, 6.45) is 5.41. The van der Waals surface area contributed by atoms with Gasteiger partial charge in [0.15, 0.2) is 0 Å². The van der Waals surface area contributed by atoms with Gasteiger partial charge in [0.2, 0.25) is 5.91 Å². The van der Waals surface area contributed by atoms with Crippen molar-refractivity contribution in [2.45, 2.75) is 39.0 Å². The van der Waals surface area contributed by atoms with E-state index in [-0.39, 0.29) is 17.9 Å². The molecule has 2 heterocycles. The van der Waals surface area contributed by atoms with Crippen molar-refractivity contribution in [2.75, 3.05) is 44.6 Å². The van der Waals surface area contributed by atoms with Crippen LogP contribution in [-0.4, -0.2) is 61.0 Å². The van der Waals surface area contributed by atoms with E-state index in [1.54, 1.807) is 4.90 Å². The Kier molecular flexibility index (Phi) is 7.71. The first-order valence-corrected chi connectivity index (χ1v) is 10.7. The van der Waals surface area contributed by atoms with Gasteiger partial charge in [-0.15, -0.1) is 0 Å². The molecule has 28 heavy (non-hydrogen) atoms. The smallest absolute Gasteiger partial charge is 0.321 e. The van der Waals surface area contributed by atoms with Gasteiger partial charge in [0.1, 0.15) is 0 Å². The summed E-state index contributed by atoms with van der Waals surface area (Å²) >= 11 is 0. The fraction of sp³-hybridized carbons (Fsp3) is 0.636. The van der Waals surface area contributed by atoms with Crippen molar-refractivity contribution in [3.63, 3.8) is 0 Å². The fourth-order valence-corrected chi connectivity index (χ4v) is 4.14. The number of urea groups is 1. The fourth-order valence-electron chi connectivity index (χ4n) is 4.14. The molecule has 0 spiro atoms. The third kappa shape index (κ3) is 6.23. The van der Waals surface area contributed by atoms with Gasteiger partial charge in [-0.1, -0.05) is 31.5 Å². The van der Waals surface area contributed by atoms with Gasteiger partial charge in [-0.3, -0.25) is 4.79 Å². The highest BCUT2D eigenvalue weighted by molar-refractivity contribution is 5.89. The molecule has 0 saturated carbocycles. The van der Waals surface area contributed by atoms with Crippen LogP contribution < -0.4 is 10.6 Å². The highest BCUT2D eigenvalue weighted by Gasteiger charge is 2.27. The number of nitrogens with zero attached hydrogens (tertiary/aromatic N) is 2. The summed E-state index contributed by atoms with van der Waals surface area (Å²) in [5, 5.41) is 6.06. The van der Waals surface area contributed by atoms with E-state index in [0.717, 1.165) is 31.6 Å². The first kappa shape index (κ1) is 20.6. The zero-order valence-electron chi connectivity index (χ0n) is 17.0. The molecule has 0 radical (unpaired) electrons. The molecular formula is C22H34N4O2. The van der Waals surface area contributed by atoms with Crippen molar-refractivity contribution in [3.05, 3.63) is 30.3 Å². The van der Waals surface area contributed by atoms with Crippen molar-refractivity contribution in [3.8, 4) is 0 Å². The zero-order chi connectivity index (χ0) is 19.8. The lowest BCUT2D eigenvalue weighted by Gasteiger charge is -2.32. The zero-order valence-corrected chi connectivity index (χ0v) is 17.0. The Morgan fingerprint density at radius 3 is 2.39 bits per heavy atom. The molecule has 1 aromatic rings. The van der Waals surface area contributed by atoms with Crippen molar-refractivity contribution in [1.29, 1.82) is 0 Å². The Morgan fingerprint density at radius 1 is 1.04 bits per heavy atom. The largest absolute Gasteiger partial charge is 0.356 e. The molecule has 3 amide bonds. The van der Waals surface area contributed by atoms with Gasteiger partial charge in [0.25, 0.3) is 0 Å². The standard InChI is InChI=1S/C22H34N4O2/c1-18(17-25-12-6-3-7-13-25)16-23-21(27)19-10-14-26(15-11-19)22(28)24-20-8-4-2-5-9-20/h2,4-5,8-9,18-19H,3,6-7,10-17H2,1H3,(H,23,27)(H,24,28). The molecule has 2 aliphatic heterocycles. The molecule has 2 N–H and O–H groups in total. The van der Waals surface area contributed by atoms with Gasteiger partial charge < -0.3 is 20.4 Å². The van der Waals surface area contributed by atoms with Crippen molar-refractivity contribution in [1.82, 2.24) is 15.1 Å². The van der Waals surface area contributed by atoms with Gasteiger partial charge in [-0.2, -0.15) is 0 Å². The summed E-state index contributed by atoms with van der Waals surface area (Å²) < 4.78 is 0. The highest BCUT2D eigenvalue weighted by Crippen LogP contribution is 2.19. The Bertz CT molecular complexity index is 623. The maximum Gasteiger partial charge on any atom is 0.321 e. The Hall–Kier alpha value is -2.08. The van der Waals surface area contributed by atoms with Gasteiger partial charge in [-0.25, -0.2) is 4.79 Å². The molecule has 0 aliphatic carbocycles. The number of anilines is 1. The summed E-state index contributed by atoms with van der Waals surface area (Å²) in [4.78, 5) is 29.2. The van der Waals surface area contributed by atoms with Crippen LogP contribution in [0.25, 0.3) is 0 Å². The minimum Gasteiger partial charge on any atom is -0.356 e. The summed E-state index contributed by atoms with van der Waals surface area (Å²) in [5.74, 6) is 0.635. The maximum atomic E-state index is 12.5. The Labute approximate surface area is 168 Å². The van der Waals surface area contributed by atoms with Crippen molar-refractivity contribution < 1.29 is 9.59 Å². The molecular weight excluding hydrogens is 352 g/mol. The van der Waals surface area contributed by atoms with E-state index in [0.29, 0.717) is 19.0 Å². The number of hydrogen-bond acceptors (Lipinski definition) is 3. The van der Waals surface area contributed by atoms with E-state index in [2.05, 4.69) is 22.5 Å². The first-order valence-electron chi connectivity index (χ1n) is 10.7. The average molecular weight is 387 g/mol. The lowest BCUT2D eigenvalue weighted by molar-refractivity contribution is -0.126. The number of para-hydroxylation sites is 1. The number of piperidine rings is 2. The number of carbonyl (C=O) groups is 2. The summed E-state index contributed by atoms with van der Waals surface area (Å²) in [6, 6.07) is 9.40. The van der Waals surface area contributed by atoms with Crippen LogP contribution in [0.5, 0.6) is 0 Å². The van der Waals surface area contributed by atoms with Gasteiger partial charge in [0, 0.05) is 37.8 Å². The minimum atomic E-state index is -0.0831. The molecule has 3 rings (SSSR count). The predicted molar refractivity (Wildman–Crippen MR) is 112 cm³/mol. The lowest BCUT2D eigenvalue weighted by Crippen LogP contribution is -2.45. The number of hydrogen-bond donors (Lipinski definition) is 2. The minimum absolute atomic E-state index is 0.0166. The van der Waals surface area contributed by atoms with Crippen molar-refractivity contribution in [2.24, 2.45) is 11.8 Å². The summed E-state index contributed by atoms with van der Waals surface area (Å²) in [6.45, 7) is 7.66. The average Bonchev–Trinajstić information content (AvgIpc) is 2.73. The molecule has 0 aromatic heterocycles. The highest BCUT2D eigenvalue weighted by atomic mass is 16.2. The van der Waals surface area contributed by atoms with Crippen LogP contribution in [0, 0.1) is 11.8 Å². The molecule has 0 bridgehead atoms. The van der Waals surface area contributed by atoms with Crippen LogP contribution in [0.2, 0.25) is 0 Å². The molecule has 154 valence electrons. The molecule has 2 saturated heterocycles. The third-order valence-electron chi connectivity index (χ3n) is 5.82. The molecule has 1 atom stereocenters. The Morgan fingerprint density at radius 2 is 1.71 bits per heavy atom. The summed E-state index contributed by atoms with van der Waals surface area (Å²) in [5.41, 5.74) is 0.801. The molecule has 6 nitrogen and oxygen atoms in total. The number of rotatable bonds is 6. The monoisotopic (exact) mass is 386 g/mol. The first-order chi connectivity index (χ1) is 13.6. The van der Waals surface area contributed by atoms with E-state index in [4.69, 9.17) is 0 Å². The predicted octanol–water partition coefficient (Wildman–Crippen LogP) is 3.17. The van der Waals surface area contributed by atoms with Crippen LogP contribution in [0.4, 0.5) is 10.5 Å². The van der Waals surface area contributed by atoms with Crippen LogP contribution in [0.3, 0.4) is 0 Å². The van der Waals surface area contributed by atoms with E-state index in [1.165, 1.54) is 32.4 Å². The number of amides is 3. The molecule has 1 aromatic carbocycles. The Balaban J connectivity index is 1.34. The normalized spacial score (nSPS) is 19.8. The quantitative estimate of drug-likeness (QED) is 0.789. The molecule has 2 aliphatic rings. The van der Waals surface area contributed by atoms with Crippen LogP contribution >= 0.6 is 0 Å². The van der Waals surface area contributed by atoms with Crippen molar-refractivity contribution >= 4 is 17.6 Å². The van der Waals surface area contributed by atoms with Gasteiger partial charge in [0.05, 0.1) is 0 Å². The second-order valence-corrected chi connectivity index (χ2v) is 8.27. The second-order valence-electron chi connectivity index (χ2n) is 8.27. The van der Waals surface area contributed by atoms with E-state index in [9.17, 15) is 9.59 Å². The van der Waals surface area contributed by atoms with E-state index < -0.39 is 0 Å². The lowest BCUT2D eigenvalue weighted by atomic mass is 9.96. The number of likely N-dealkylation sites (tertiary alicyclic amines) is 2. The molecule has 1 unspecified atom stereocenters. The number of carbonyl (C=O) groups excluding carboxylic acids is 2. The number of benzene rings is 1. The number of nitrogens with one attached hydrogen (secondary N) is 2. The molecule has 6 heteroatoms. The van der Waals surface area contributed by atoms with E-state index in [1.807, 2.05) is 30.3 Å². The SMILES string of the molecule is CC(CNC(=O)C1CCN(C(=O)Nc2ccccc2)CC1)CN1CCCCC1. The van der Waals surface area contributed by atoms with Crippen LogP contribution in [0.15, 0.2) is 30.3 Å².